The molecule has 1 saturated heterocycles. The molecule has 1 saturated carbocycles. The first-order valence-electron chi connectivity index (χ1n) is 8.33. The van der Waals surface area contributed by atoms with Crippen molar-refractivity contribution < 1.29 is 4.74 Å². The number of rotatable bonds is 5. The van der Waals surface area contributed by atoms with Crippen molar-refractivity contribution in [3.8, 4) is 0 Å². The number of aromatic nitrogens is 3. The molecule has 0 amide bonds. The smallest absolute Gasteiger partial charge is 0.199 e. The highest BCUT2D eigenvalue weighted by atomic mass is 32.1. The predicted molar refractivity (Wildman–Crippen MR) is 91.0 cm³/mol. The van der Waals surface area contributed by atoms with Crippen LogP contribution in [0, 0.1) is 4.77 Å². The minimum Gasteiger partial charge on any atom is -0.379 e. The third-order valence-electron chi connectivity index (χ3n) is 4.52. The van der Waals surface area contributed by atoms with E-state index in [0.717, 1.165) is 50.1 Å². The number of ether oxygens (including phenoxy) is 1. The van der Waals surface area contributed by atoms with E-state index in [1.807, 2.05) is 10.7 Å². The molecule has 0 N–H and O–H groups in total. The maximum atomic E-state index is 5.73. The summed E-state index contributed by atoms with van der Waals surface area (Å²) in [5.41, 5.74) is 1.27. The molecule has 1 aromatic carbocycles. The van der Waals surface area contributed by atoms with Crippen molar-refractivity contribution in [2.75, 3.05) is 26.3 Å². The second kappa shape index (κ2) is 6.55. The zero-order chi connectivity index (χ0) is 15.6. The summed E-state index contributed by atoms with van der Waals surface area (Å²) in [6.07, 6.45) is 2.47. The SMILES string of the molecule is S=c1n(CN2CCOCC2)nc(C2CC2)n1Cc1ccccc1. The second-order valence-corrected chi connectivity index (χ2v) is 6.72. The fourth-order valence-electron chi connectivity index (χ4n) is 3.04. The highest BCUT2D eigenvalue weighted by Gasteiger charge is 2.30. The number of benzene rings is 1. The lowest BCUT2D eigenvalue weighted by molar-refractivity contribution is 0.0209. The normalized spacial score (nSPS) is 19.1. The van der Waals surface area contributed by atoms with Crippen LogP contribution < -0.4 is 0 Å². The summed E-state index contributed by atoms with van der Waals surface area (Å²) in [5.74, 6) is 1.75. The standard InChI is InChI=1S/C17H22N4OS/c23-17-20(12-14-4-2-1-3-5-14)16(15-6-7-15)18-21(17)13-19-8-10-22-11-9-19/h1-5,15H,6-13H2. The zero-order valence-electron chi connectivity index (χ0n) is 13.2. The maximum absolute atomic E-state index is 5.73. The number of nitrogens with zero attached hydrogens (tertiary/aromatic N) is 4. The first-order chi connectivity index (χ1) is 11.3. The van der Waals surface area contributed by atoms with Crippen LogP contribution in [0.5, 0.6) is 0 Å². The Bertz CT molecular complexity index is 714. The summed E-state index contributed by atoms with van der Waals surface area (Å²) in [4.78, 5) is 2.36. The maximum Gasteiger partial charge on any atom is 0.199 e. The Morgan fingerprint density at radius 2 is 1.87 bits per heavy atom. The van der Waals surface area contributed by atoms with Crippen LogP contribution in [-0.2, 0) is 18.0 Å². The lowest BCUT2D eigenvalue weighted by Gasteiger charge is -2.26. The van der Waals surface area contributed by atoms with Gasteiger partial charge in [-0.3, -0.25) is 9.47 Å². The van der Waals surface area contributed by atoms with E-state index in [9.17, 15) is 0 Å². The van der Waals surface area contributed by atoms with Crippen LogP contribution in [0.4, 0.5) is 0 Å². The van der Waals surface area contributed by atoms with Crippen LogP contribution in [0.25, 0.3) is 0 Å². The Balaban J connectivity index is 1.60. The van der Waals surface area contributed by atoms with Crippen molar-refractivity contribution in [2.24, 2.45) is 0 Å². The van der Waals surface area contributed by atoms with Crippen LogP contribution >= 0.6 is 12.2 Å². The lowest BCUT2D eigenvalue weighted by atomic mass is 10.2. The molecule has 2 fully saturated rings. The van der Waals surface area contributed by atoms with E-state index >= 15 is 0 Å². The fourth-order valence-corrected chi connectivity index (χ4v) is 3.30. The zero-order valence-corrected chi connectivity index (χ0v) is 14.0. The van der Waals surface area contributed by atoms with E-state index in [1.165, 1.54) is 18.4 Å². The molecule has 0 radical (unpaired) electrons. The average Bonchev–Trinajstić information content (AvgIpc) is 3.39. The van der Waals surface area contributed by atoms with Gasteiger partial charge in [0, 0.05) is 19.0 Å². The van der Waals surface area contributed by atoms with Crippen LogP contribution in [-0.4, -0.2) is 45.6 Å². The van der Waals surface area contributed by atoms with Crippen molar-refractivity contribution in [3.05, 3.63) is 46.5 Å². The van der Waals surface area contributed by atoms with Gasteiger partial charge in [-0.2, -0.15) is 5.10 Å². The van der Waals surface area contributed by atoms with Crippen molar-refractivity contribution in [1.82, 2.24) is 19.2 Å². The minimum absolute atomic E-state index is 0.589. The molecule has 5 nitrogen and oxygen atoms in total. The Kier molecular flexibility index (Phi) is 4.29. The number of hydrogen-bond donors (Lipinski definition) is 0. The molecule has 0 atom stereocenters. The van der Waals surface area contributed by atoms with Crippen molar-refractivity contribution in [2.45, 2.75) is 32.0 Å². The van der Waals surface area contributed by atoms with Gasteiger partial charge in [0.25, 0.3) is 0 Å². The van der Waals surface area contributed by atoms with Crippen molar-refractivity contribution in [1.29, 1.82) is 0 Å². The molecule has 1 aliphatic heterocycles. The summed E-state index contributed by atoms with van der Waals surface area (Å²) in [6, 6.07) is 10.5. The highest BCUT2D eigenvalue weighted by molar-refractivity contribution is 7.71. The molecule has 0 bridgehead atoms. The average molecular weight is 330 g/mol. The molecule has 1 aromatic heterocycles. The van der Waals surface area contributed by atoms with Gasteiger partial charge in [0.1, 0.15) is 5.82 Å². The van der Waals surface area contributed by atoms with E-state index in [2.05, 4.69) is 33.7 Å². The molecule has 4 rings (SSSR count). The van der Waals surface area contributed by atoms with Gasteiger partial charge in [0.05, 0.1) is 26.4 Å². The van der Waals surface area contributed by atoms with Crippen LogP contribution in [0.1, 0.15) is 30.1 Å². The van der Waals surface area contributed by atoms with E-state index in [1.54, 1.807) is 0 Å². The van der Waals surface area contributed by atoms with Crippen molar-refractivity contribution >= 4 is 12.2 Å². The van der Waals surface area contributed by atoms with Crippen LogP contribution in [0.3, 0.4) is 0 Å². The van der Waals surface area contributed by atoms with Gasteiger partial charge in [-0.05, 0) is 30.6 Å². The van der Waals surface area contributed by atoms with Gasteiger partial charge in [0.2, 0.25) is 0 Å². The van der Waals surface area contributed by atoms with Gasteiger partial charge in [0.15, 0.2) is 4.77 Å². The minimum atomic E-state index is 0.589. The van der Waals surface area contributed by atoms with E-state index in [4.69, 9.17) is 22.1 Å². The topological polar surface area (TPSA) is 35.2 Å². The van der Waals surface area contributed by atoms with Gasteiger partial charge in [-0.25, -0.2) is 4.68 Å². The molecule has 6 heteroatoms. The summed E-state index contributed by atoms with van der Waals surface area (Å²) < 4.78 is 10.5. The highest BCUT2D eigenvalue weighted by Crippen LogP contribution is 2.39. The quantitative estimate of drug-likeness (QED) is 0.790. The molecule has 122 valence electrons. The molecule has 2 heterocycles. The van der Waals surface area contributed by atoms with E-state index < -0.39 is 0 Å². The van der Waals surface area contributed by atoms with Crippen LogP contribution in [0.2, 0.25) is 0 Å². The molecule has 2 aliphatic rings. The van der Waals surface area contributed by atoms with Crippen molar-refractivity contribution in [3.63, 3.8) is 0 Å². The summed E-state index contributed by atoms with van der Waals surface area (Å²) in [7, 11) is 0. The number of hydrogen-bond acceptors (Lipinski definition) is 4. The van der Waals surface area contributed by atoms with Crippen LogP contribution in [0.15, 0.2) is 30.3 Å². The van der Waals surface area contributed by atoms with Gasteiger partial charge in [-0.1, -0.05) is 30.3 Å². The fraction of sp³-hybridized carbons (Fsp3) is 0.529. The van der Waals surface area contributed by atoms with Gasteiger partial charge in [-0.15, -0.1) is 0 Å². The molecule has 23 heavy (non-hydrogen) atoms. The Morgan fingerprint density at radius 1 is 1.13 bits per heavy atom. The molecular formula is C17H22N4OS. The lowest BCUT2D eigenvalue weighted by Crippen LogP contribution is -2.37. The largest absolute Gasteiger partial charge is 0.379 e. The Labute approximate surface area is 141 Å². The Hall–Kier alpha value is -1.50. The molecular weight excluding hydrogens is 308 g/mol. The Morgan fingerprint density at radius 3 is 2.57 bits per heavy atom. The molecule has 0 spiro atoms. The molecule has 2 aromatic rings. The monoisotopic (exact) mass is 330 g/mol. The van der Waals surface area contributed by atoms with Gasteiger partial charge < -0.3 is 4.74 Å². The predicted octanol–water partition coefficient (Wildman–Crippen LogP) is 2.63. The van der Waals surface area contributed by atoms with Gasteiger partial charge >= 0.3 is 0 Å². The first-order valence-corrected chi connectivity index (χ1v) is 8.73. The number of morpholine rings is 1. The first kappa shape index (κ1) is 15.1. The summed E-state index contributed by atoms with van der Waals surface area (Å²) in [6.45, 7) is 5.08. The second-order valence-electron chi connectivity index (χ2n) is 6.36. The third-order valence-corrected chi connectivity index (χ3v) is 4.95. The molecule has 0 unspecified atom stereocenters. The van der Waals surface area contributed by atoms with E-state index in [-0.39, 0.29) is 0 Å². The third kappa shape index (κ3) is 3.39. The molecule has 1 aliphatic carbocycles. The summed E-state index contributed by atoms with van der Waals surface area (Å²) in [5, 5.41) is 4.85. The summed E-state index contributed by atoms with van der Waals surface area (Å²) >= 11 is 5.73. The van der Waals surface area contributed by atoms with E-state index in [0.29, 0.717) is 5.92 Å².